The molecule has 0 N–H and O–H groups in total. The van der Waals surface area contributed by atoms with Crippen molar-refractivity contribution in [2.45, 2.75) is 18.2 Å². The van der Waals surface area contributed by atoms with Crippen LogP contribution >= 0.6 is 0 Å². The van der Waals surface area contributed by atoms with Crippen molar-refractivity contribution in [2.75, 3.05) is 45.9 Å². The van der Waals surface area contributed by atoms with Crippen molar-refractivity contribution in [3.05, 3.63) is 29.6 Å². The summed E-state index contributed by atoms with van der Waals surface area (Å²) in [6.07, 6.45) is 0.852. The minimum atomic E-state index is -3.62. The van der Waals surface area contributed by atoms with Gasteiger partial charge in [-0.2, -0.15) is 4.31 Å². The van der Waals surface area contributed by atoms with Gasteiger partial charge in [0.1, 0.15) is 5.82 Å². The van der Waals surface area contributed by atoms with Crippen LogP contribution in [0.1, 0.15) is 12.0 Å². The van der Waals surface area contributed by atoms with Crippen molar-refractivity contribution < 1.29 is 17.5 Å². The van der Waals surface area contributed by atoms with E-state index in [0.29, 0.717) is 24.6 Å². The molecule has 0 aromatic heterocycles. The van der Waals surface area contributed by atoms with Gasteiger partial charge in [0.05, 0.1) is 18.1 Å². The van der Waals surface area contributed by atoms with Crippen LogP contribution in [0.4, 0.5) is 4.39 Å². The van der Waals surface area contributed by atoms with E-state index < -0.39 is 15.8 Å². The zero-order valence-electron chi connectivity index (χ0n) is 13.4. The van der Waals surface area contributed by atoms with E-state index in [1.54, 1.807) is 6.92 Å². The zero-order valence-corrected chi connectivity index (χ0v) is 14.2. The van der Waals surface area contributed by atoms with Crippen LogP contribution < -0.4 is 0 Å². The molecule has 2 fully saturated rings. The second-order valence-electron chi connectivity index (χ2n) is 6.34. The van der Waals surface area contributed by atoms with E-state index in [4.69, 9.17) is 4.74 Å². The number of hydrogen-bond donors (Lipinski definition) is 0. The summed E-state index contributed by atoms with van der Waals surface area (Å²) in [5.41, 5.74) is 0.586. The quantitative estimate of drug-likeness (QED) is 0.832. The van der Waals surface area contributed by atoms with Gasteiger partial charge in [0.2, 0.25) is 10.0 Å². The molecule has 1 unspecified atom stereocenters. The fraction of sp³-hybridized carbons (Fsp3) is 0.625. The van der Waals surface area contributed by atoms with Crippen molar-refractivity contribution in [3.8, 4) is 0 Å². The van der Waals surface area contributed by atoms with Crippen LogP contribution in [-0.2, 0) is 14.8 Å². The van der Waals surface area contributed by atoms with Crippen molar-refractivity contribution in [2.24, 2.45) is 5.92 Å². The van der Waals surface area contributed by atoms with Crippen LogP contribution in [0.3, 0.4) is 0 Å². The lowest BCUT2D eigenvalue weighted by Gasteiger charge is -2.29. The molecular formula is C16H23FN2O3S. The Morgan fingerprint density at radius 2 is 2.00 bits per heavy atom. The summed E-state index contributed by atoms with van der Waals surface area (Å²) >= 11 is 0. The van der Waals surface area contributed by atoms with Gasteiger partial charge in [-0.25, -0.2) is 12.8 Å². The number of aryl methyl sites for hydroxylation is 1. The molecule has 2 saturated heterocycles. The standard InChI is InChI=1S/C16H23FN2O3S/c1-13-2-3-15(17)10-16(13)23(20,21)19-5-4-14(12-19)11-18-6-8-22-9-7-18/h2-3,10,14H,4-9,11-12H2,1H3. The van der Waals surface area contributed by atoms with Crippen LogP contribution in [0.2, 0.25) is 0 Å². The number of sulfonamides is 1. The normalized spacial score (nSPS) is 24.2. The van der Waals surface area contributed by atoms with Gasteiger partial charge in [-0.1, -0.05) is 6.07 Å². The molecule has 7 heteroatoms. The molecule has 0 aliphatic carbocycles. The SMILES string of the molecule is Cc1ccc(F)cc1S(=O)(=O)N1CCC(CN2CCOCC2)C1. The van der Waals surface area contributed by atoms with Crippen LogP contribution in [0.5, 0.6) is 0 Å². The third-order valence-corrected chi connectivity index (χ3v) is 6.64. The lowest BCUT2D eigenvalue weighted by Crippen LogP contribution is -2.40. The highest BCUT2D eigenvalue weighted by atomic mass is 32.2. The highest BCUT2D eigenvalue weighted by Crippen LogP contribution is 2.27. The average molecular weight is 342 g/mol. The Hall–Kier alpha value is -1.02. The molecule has 128 valence electrons. The van der Waals surface area contributed by atoms with Crippen LogP contribution in [0.25, 0.3) is 0 Å². The van der Waals surface area contributed by atoms with E-state index in [1.807, 2.05) is 0 Å². The van der Waals surface area contributed by atoms with Gasteiger partial charge in [0.15, 0.2) is 0 Å². The van der Waals surface area contributed by atoms with E-state index in [0.717, 1.165) is 45.3 Å². The molecule has 2 heterocycles. The number of benzene rings is 1. The number of rotatable bonds is 4. The molecule has 5 nitrogen and oxygen atoms in total. The second-order valence-corrected chi connectivity index (χ2v) is 8.25. The van der Waals surface area contributed by atoms with Crippen molar-refractivity contribution >= 4 is 10.0 Å². The van der Waals surface area contributed by atoms with Crippen LogP contribution in [-0.4, -0.2) is 63.6 Å². The minimum Gasteiger partial charge on any atom is -0.379 e. The molecule has 3 rings (SSSR count). The fourth-order valence-electron chi connectivity index (χ4n) is 3.30. The number of halogens is 1. The first kappa shape index (κ1) is 16.8. The third-order valence-electron chi connectivity index (χ3n) is 4.64. The summed E-state index contributed by atoms with van der Waals surface area (Å²) < 4.78 is 45.8. The largest absolute Gasteiger partial charge is 0.379 e. The Morgan fingerprint density at radius 1 is 1.26 bits per heavy atom. The smallest absolute Gasteiger partial charge is 0.243 e. The zero-order chi connectivity index (χ0) is 16.4. The summed E-state index contributed by atoms with van der Waals surface area (Å²) in [5, 5.41) is 0. The lowest BCUT2D eigenvalue weighted by atomic mass is 10.1. The third kappa shape index (κ3) is 3.74. The summed E-state index contributed by atoms with van der Waals surface area (Å²) in [7, 11) is -3.62. The first-order valence-electron chi connectivity index (χ1n) is 8.03. The van der Waals surface area contributed by atoms with E-state index in [9.17, 15) is 12.8 Å². The Balaban J connectivity index is 1.68. The molecule has 1 atom stereocenters. The monoisotopic (exact) mass is 342 g/mol. The topological polar surface area (TPSA) is 49.9 Å². The summed E-state index contributed by atoms with van der Waals surface area (Å²) in [6, 6.07) is 3.93. The molecular weight excluding hydrogens is 319 g/mol. The van der Waals surface area contributed by atoms with E-state index >= 15 is 0 Å². The number of ether oxygens (including phenoxy) is 1. The molecule has 0 spiro atoms. The second kappa shape index (κ2) is 6.84. The maximum atomic E-state index is 13.4. The summed E-state index contributed by atoms with van der Waals surface area (Å²) in [6.45, 7) is 6.93. The highest BCUT2D eigenvalue weighted by Gasteiger charge is 2.34. The predicted molar refractivity (Wildman–Crippen MR) is 85.3 cm³/mol. The molecule has 2 aliphatic heterocycles. The van der Waals surface area contributed by atoms with Gasteiger partial charge in [0, 0.05) is 32.7 Å². The highest BCUT2D eigenvalue weighted by molar-refractivity contribution is 7.89. The van der Waals surface area contributed by atoms with Crippen molar-refractivity contribution in [1.29, 1.82) is 0 Å². The first-order chi connectivity index (χ1) is 11.0. The first-order valence-corrected chi connectivity index (χ1v) is 9.47. The molecule has 1 aromatic carbocycles. The number of hydrogen-bond acceptors (Lipinski definition) is 4. The van der Waals surface area contributed by atoms with Gasteiger partial charge < -0.3 is 4.74 Å². The predicted octanol–water partition coefficient (Wildman–Crippen LogP) is 1.48. The van der Waals surface area contributed by atoms with E-state index in [2.05, 4.69) is 4.90 Å². The van der Waals surface area contributed by atoms with Gasteiger partial charge >= 0.3 is 0 Å². The molecule has 0 amide bonds. The summed E-state index contributed by atoms with van der Waals surface area (Å²) in [5.74, 6) is -0.185. The maximum Gasteiger partial charge on any atom is 0.243 e. The van der Waals surface area contributed by atoms with Gasteiger partial charge in [-0.3, -0.25) is 4.90 Å². The van der Waals surface area contributed by atoms with Crippen molar-refractivity contribution in [3.63, 3.8) is 0 Å². The minimum absolute atomic E-state index is 0.0875. The maximum absolute atomic E-state index is 13.4. The van der Waals surface area contributed by atoms with Crippen molar-refractivity contribution in [1.82, 2.24) is 9.21 Å². The molecule has 23 heavy (non-hydrogen) atoms. The molecule has 0 radical (unpaired) electrons. The fourth-order valence-corrected chi connectivity index (χ4v) is 5.07. The molecule has 2 aliphatic rings. The Morgan fingerprint density at radius 3 is 2.74 bits per heavy atom. The number of nitrogens with zero attached hydrogens (tertiary/aromatic N) is 2. The van der Waals surface area contributed by atoms with E-state index in [1.165, 1.54) is 16.4 Å². The molecule has 0 saturated carbocycles. The van der Waals surface area contributed by atoms with Crippen LogP contribution in [0.15, 0.2) is 23.1 Å². The number of morpholine rings is 1. The Bertz CT molecular complexity index is 659. The molecule has 0 bridgehead atoms. The summed E-state index contributed by atoms with van der Waals surface area (Å²) in [4.78, 5) is 2.42. The lowest BCUT2D eigenvalue weighted by molar-refractivity contribution is 0.0316. The Kier molecular flexibility index (Phi) is 5.01. The van der Waals surface area contributed by atoms with Gasteiger partial charge in [-0.15, -0.1) is 0 Å². The van der Waals surface area contributed by atoms with Crippen LogP contribution in [0, 0.1) is 18.7 Å². The molecule has 1 aromatic rings. The average Bonchev–Trinajstić information content (AvgIpc) is 3.00. The Labute approximate surface area is 137 Å². The van der Waals surface area contributed by atoms with Gasteiger partial charge in [0.25, 0.3) is 0 Å². The van der Waals surface area contributed by atoms with E-state index in [-0.39, 0.29) is 4.90 Å². The van der Waals surface area contributed by atoms with Gasteiger partial charge in [-0.05, 0) is 37.0 Å².